The van der Waals surface area contributed by atoms with E-state index in [4.69, 9.17) is 21.7 Å². The van der Waals surface area contributed by atoms with Gasteiger partial charge in [0.05, 0.1) is 6.61 Å². The van der Waals surface area contributed by atoms with E-state index in [-0.39, 0.29) is 6.61 Å². The minimum absolute atomic E-state index is 0.388. The van der Waals surface area contributed by atoms with Crippen molar-refractivity contribution in [3.63, 3.8) is 0 Å². The molecule has 0 fully saturated rings. The molecule has 0 aliphatic carbocycles. The maximum atomic E-state index is 11.0. The van der Waals surface area contributed by atoms with Crippen LogP contribution < -0.4 is 0 Å². The number of hydrogen-bond donors (Lipinski definition) is 5. The van der Waals surface area contributed by atoms with Crippen LogP contribution in [0, 0.1) is 12.3 Å². The largest absolute Gasteiger partial charge is 0.451 e. The zero-order valence-electron chi connectivity index (χ0n) is 8.35. The Kier molecular flexibility index (Phi) is 6.64. The summed E-state index contributed by atoms with van der Waals surface area (Å²) in [7, 11) is 0. The van der Waals surface area contributed by atoms with E-state index in [9.17, 15) is 15.0 Å². The normalized spacial score (nSPS) is 18.0. The van der Waals surface area contributed by atoms with Crippen LogP contribution in [0.25, 0.3) is 0 Å². The zero-order valence-corrected chi connectivity index (χ0v) is 8.35. The van der Waals surface area contributed by atoms with Crippen LogP contribution >= 0.6 is 0 Å². The number of aliphatic hydroxyl groups excluding tert-OH is 5. The quantitative estimate of drug-likeness (QED) is 0.239. The molecule has 7 nitrogen and oxygen atoms in total. The summed E-state index contributed by atoms with van der Waals surface area (Å²) in [5.74, 6) is 0.741. The number of carbonyl (C=O) groups excluding carboxylic acids is 1. The van der Waals surface area contributed by atoms with Gasteiger partial charge in [-0.15, -0.1) is 6.42 Å². The van der Waals surface area contributed by atoms with Crippen molar-refractivity contribution < 1.29 is 35.1 Å². The van der Waals surface area contributed by atoms with Gasteiger partial charge in [0.1, 0.15) is 18.3 Å². The van der Waals surface area contributed by atoms with Crippen molar-refractivity contribution in [1.29, 1.82) is 0 Å². The molecule has 92 valence electrons. The molecule has 0 aromatic heterocycles. The molecular formula is C9H14O7. The first-order valence-corrected chi connectivity index (χ1v) is 4.39. The van der Waals surface area contributed by atoms with E-state index in [0.29, 0.717) is 0 Å². The second-order valence-electron chi connectivity index (χ2n) is 2.99. The molecule has 4 atom stereocenters. The molecule has 0 aliphatic heterocycles. The SMILES string of the molecule is C#CCOC(=O)[C@H](O)[C@@H](O)[C@H](O)[C@H](O)CO. The van der Waals surface area contributed by atoms with Gasteiger partial charge in [0.25, 0.3) is 0 Å². The predicted octanol–water partition coefficient (Wildman–Crippen LogP) is -3.40. The van der Waals surface area contributed by atoms with E-state index in [2.05, 4.69) is 4.74 Å². The monoisotopic (exact) mass is 234 g/mol. The van der Waals surface area contributed by atoms with Crippen LogP contribution in [0.3, 0.4) is 0 Å². The van der Waals surface area contributed by atoms with Crippen LogP contribution in [-0.4, -0.2) is 69.1 Å². The number of carbonyl (C=O) groups is 1. The van der Waals surface area contributed by atoms with Crippen molar-refractivity contribution in [3.05, 3.63) is 0 Å². The first-order chi connectivity index (χ1) is 7.45. The first-order valence-electron chi connectivity index (χ1n) is 4.39. The third-order valence-corrected chi connectivity index (χ3v) is 1.79. The van der Waals surface area contributed by atoms with Gasteiger partial charge in [-0.3, -0.25) is 0 Å². The maximum absolute atomic E-state index is 11.0. The second kappa shape index (κ2) is 7.16. The molecule has 0 amide bonds. The summed E-state index contributed by atoms with van der Waals surface area (Å²) in [5, 5.41) is 45.0. The van der Waals surface area contributed by atoms with Crippen molar-refractivity contribution in [2.75, 3.05) is 13.2 Å². The van der Waals surface area contributed by atoms with Gasteiger partial charge >= 0.3 is 5.97 Å². The summed E-state index contributed by atoms with van der Waals surface area (Å²) < 4.78 is 4.30. The molecule has 5 N–H and O–H groups in total. The van der Waals surface area contributed by atoms with Crippen LogP contribution in [0.4, 0.5) is 0 Å². The van der Waals surface area contributed by atoms with Crippen LogP contribution in [0.2, 0.25) is 0 Å². The Morgan fingerprint density at radius 2 is 1.81 bits per heavy atom. The standard InChI is InChI=1S/C9H14O7/c1-2-3-16-9(15)8(14)7(13)6(12)5(11)4-10/h1,5-8,10-14H,3-4H2/t5-,6-,7+,8-/m1/s1. The lowest BCUT2D eigenvalue weighted by Gasteiger charge is -2.24. The molecule has 0 rings (SSSR count). The fraction of sp³-hybridized carbons (Fsp3) is 0.667. The van der Waals surface area contributed by atoms with Gasteiger partial charge in [0, 0.05) is 0 Å². The van der Waals surface area contributed by atoms with Crippen LogP contribution in [0.1, 0.15) is 0 Å². The van der Waals surface area contributed by atoms with Crippen molar-refractivity contribution in [1.82, 2.24) is 0 Å². The Bertz CT molecular complexity index is 259. The van der Waals surface area contributed by atoms with Crippen LogP contribution in [-0.2, 0) is 9.53 Å². The summed E-state index contributed by atoms with van der Waals surface area (Å²) in [6, 6.07) is 0. The average Bonchev–Trinajstić information content (AvgIpc) is 2.31. The first kappa shape index (κ1) is 14.8. The number of rotatable bonds is 6. The number of esters is 1. The van der Waals surface area contributed by atoms with Crippen molar-refractivity contribution >= 4 is 5.97 Å². The molecule has 0 bridgehead atoms. The lowest BCUT2D eigenvalue weighted by atomic mass is 10.0. The van der Waals surface area contributed by atoms with E-state index < -0.39 is 37.0 Å². The molecule has 0 saturated heterocycles. The zero-order chi connectivity index (χ0) is 12.7. The molecule has 0 spiro atoms. The third kappa shape index (κ3) is 4.14. The smallest absolute Gasteiger partial charge is 0.338 e. The Balaban J connectivity index is 4.31. The number of hydrogen-bond acceptors (Lipinski definition) is 7. The van der Waals surface area contributed by atoms with E-state index >= 15 is 0 Å². The van der Waals surface area contributed by atoms with Gasteiger partial charge in [-0.05, 0) is 0 Å². The van der Waals surface area contributed by atoms with E-state index in [1.165, 1.54) is 0 Å². The second-order valence-corrected chi connectivity index (χ2v) is 2.99. The Hall–Kier alpha value is -1.17. The highest BCUT2D eigenvalue weighted by Gasteiger charge is 2.34. The fourth-order valence-electron chi connectivity index (χ4n) is 0.860. The predicted molar refractivity (Wildman–Crippen MR) is 50.9 cm³/mol. The molecule has 0 aliphatic rings. The molecule has 0 saturated carbocycles. The number of aliphatic hydroxyl groups is 5. The molecular weight excluding hydrogens is 220 g/mol. The van der Waals surface area contributed by atoms with Crippen molar-refractivity contribution in [2.24, 2.45) is 0 Å². The lowest BCUT2D eigenvalue weighted by molar-refractivity contribution is -0.168. The fourth-order valence-corrected chi connectivity index (χ4v) is 0.860. The van der Waals surface area contributed by atoms with Crippen LogP contribution in [0.5, 0.6) is 0 Å². The minimum Gasteiger partial charge on any atom is -0.451 e. The molecule has 0 heterocycles. The van der Waals surface area contributed by atoms with Gasteiger partial charge in [-0.1, -0.05) is 5.92 Å². The topological polar surface area (TPSA) is 127 Å². The number of terminal acetylenes is 1. The summed E-state index contributed by atoms with van der Waals surface area (Å²) in [5.41, 5.74) is 0. The molecule has 7 heteroatoms. The highest BCUT2D eigenvalue weighted by atomic mass is 16.5. The van der Waals surface area contributed by atoms with Gasteiger partial charge in [0.2, 0.25) is 0 Å². The molecule has 0 unspecified atom stereocenters. The molecule has 0 aromatic rings. The Morgan fingerprint density at radius 1 is 1.25 bits per heavy atom. The Morgan fingerprint density at radius 3 is 2.25 bits per heavy atom. The third-order valence-electron chi connectivity index (χ3n) is 1.79. The van der Waals surface area contributed by atoms with Gasteiger partial charge < -0.3 is 30.3 Å². The van der Waals surface area contributed by atoms with Gasteiger partial charge in [-0.25, -0.2) is 4.79 Å². The van der Waals surface area contributed by atoms with E-state index in [0.717, 1.165) is 0 Å². The lowest BCUT2D eigenvalue weighted by Crippen LogP contribution is -2.49. The summed E-state index contributed by atoms with van der Waals surface area (Å²) in [4.78, 5) is 11.0. The van der Waals surface area contributed by atoms with Gasteiger partial charge in [-0.2, -0.15) is 0 Å². The molecule has 0 aromatic carbocycles. The maximum Gasteiger partial charge on any atom is 0.338 e. The van der Waals surface area contributed by atoms with Crippen molar-refractivity contribution in [3.8, 4) is 12.3 Å². The minimum atomic E-state index is -2.05. The highest BCUT2D eigenvalue weighted by molar-refractivity contribution is 5.75. The number of ether oxygens (including phenoxy) is 1. The Labute approximate surface area is 91.9 Å². The van der Waals surface area contributed by atoms with Crippen molar-refractivity contribution in [2.45, 2.75) is 24.4 Å². The summed E-state index contributed by atoms with van der Waals surface area (Å²) in [6.45, 7) is -1.22. The highest BCUT2D eigenvalue weighted by Crippen LogP contribution is 2.06. The summed E-state index contributed by atoms with van der Waals surface area (Å²) >= 11 is 0. The van der Waals surface area contributed by atoms with E-state index in [1.54, 1.807) is 0 Å². The summed E-state index contributed by atoms with van der Waals surface area (Å²) in [6.07, 6.45) is -2.79. The van der Waals surface area contributed by atoms with Crippen LogP contribution in [0.15, 0.2) is 0 Å². The van der Waals surface area contributed by atoms with E-state index in [1.807, 2.05) is 5.92 Å². The average molecular weight is 234 g/mol. The molecule has 0 radical (unpaired) electrons. The van der Waals surface area contributed by atoms with Gasteiger partial charge in [0.15, 0.2) is 12.7 Å². The molecule has 16 heavy (non-hydrogen) atoms.